The van der Waals surface area contributed by atoms with Crippen molar-refractivity contribution in [2.75, 3.05) is 17.7 Å². The number of urea groups is 1. The normalized spacial score (nSPS) is 9.90. The van der Waals surface area contributed by atoms with E-state index in [-0.39, 0.29) is 11.8 Å². The molecule has 0 aromatic heterocycles. The molecule has 0 fully saturated rings. The summed E-state index contributed by atoms with van der Waals surface area (Å²) in [6, 6.07) is 13.6. The maximum atomic E-state index is 13.4. The topological polar surface area (TPSA) is 53.2 Å². The van der Waals surface area contributed by atoms with Crippen LogP contribution in [0.2, 0.25) is 0 Å². The number of anilines is 2. The number of nitrogens with one attached hydrogen (secondary N) is 3. The Hall–Kier alpha value is -2.56. The Morgan fingerprint density at radius 1 is 1.05 bits per heavy atom. The molecule has 0 aliphatic heterocycles. The number of carbonyl (C=O) groups is 1. The largest absolute Gasteiger partial charge is 0.381 e. The highest BCUT2D eigenvalue weighted by Crippen LogP contribution is 2.15. The van der Waals surface area contributed by atoms with Gasteiger partial charge in [0.15, 0.2) is 0 Å². The van der Waals surface area contributed by atoms with E-state index < -0.39 is 0 Å². The van der Waals surface area contributed by atoms with Crippen molar-refractivity contribution in [2.24, 2.45) is 0 Å². The van der Waals surface area contributed by atoms with E-state index in [4.69, 9.17) is 0 Å². The SMILES string of the molecule is CNC(=O)Nc1ccc(NCc2ccccc2F)cc1. The van der Waals surface area contributed by atoms with Crippen LogP contribution < -0.4 is 16.0 Å². The summed E-state index contributed by atoms with van der Waals surface area (Å²) < 4.78 is 13.4. The van der Waals surface area contributed by atoms with Gasteiger partial charge in [-0.15, -0.1) is 0 Å². The van der Waals surface area contributed by atoms with E-state index in [9.17, 15) is 9.18 Å². The van der Waals surface area contributed by atoms with Gasteiger partial charge in [0.05, 0.1) is 0 Å². The standard InChI is InChI=1S/C15H16FN3O/c1-17-15(20)19-13-8-6-12(7-9-13)18-10-11-4-2-3-5-14(11)16/h2-9,18H,10H2,1H3,(H2,17,19,20). The lowest BCUT2D eigenvalue weighted by Crippen LogP contribution is -2.24. The van der Waals surface area contributed by atoms with E-state index in [1.165, 1.54) is 6.07 Å². The quantitative estimate of drug-likeness (QED) is 0.801. The molecule has 2 amide bonds. The van der Waals surface area contributed by atoms with Gasteiger partial charge >= 0.3 is 6.03 Å². The van der Waals surface area contributed by atoms with E-state index in [1.54, 1.807) is 37.4 Å². The molecule has 0 radical (unpaired) electrons. The molecule has 0 bridgehead atoms. The van der Waals surface area contributed by atoms with Gasteiger partial charge in [0.2, 0.25) is 0 Å². The van der Waals surface area contributed by atoms with Crippen LogP contribution in [0.15, 0.2) is 48.5 Å². The van der Waals surface area contributed by atoms with Gasteiger partial charge in [-0.2, -0.15) is 0 Å². The second-order valence-corrected chi connectivity index (χ2v) is 4.23. The second kappa shape index (κ2) is 6.56. The number of hydrogen-bond acceptors (Lipinski definition) is 2. The van der Waals surface area contributed by atoms with Crippen LogP contribution in [0.4, 0.5) is 20.6 Å². The maximum absolute atomic E-state index is 13.4. The van der Waals surface area contributed by atoms with Crippen LogP contribution in [0.25, 0.3) is 0 Å². The molecule has 0 saturated heterocycles. The molecule has 0 atom stereocenters. The fourth-order valence-electron chi connectivity index (χ4n) is 1.70. The average Bonchev–Trinajstić information content (AvgIpc) is 2.48. The van der Waals surface area contributed by atoms with E-state index in [1.807, 2.05) is 12.1 Å². The zero-order chi connectivity index (χ0) is 14.4. The van der Waals surface area contributed by atoms with Gasteiger partial charge in [-0.25, -0.2) is 9.18 Å². The molecule has 4 nitrogen and oxygen atoms in total. The van der Waals surface area contributed by atoms with Gasteiger partial charge in [-0.1, -0.05) is 18.2 Å². The maximum Gasteiger partial charge on any atom is 0.318 e. The van der Waals surface area contributed by atoms with E-state index in [0.29, 0.717) is 17.8 Å². The Kier molecular flexibility index (Phi) is 4.55. The van der Waals surface area contributed by atoms with Crippen molar-refractivity contribution in [3.8, 4) is 0 Å². The predicted molar refractivity (Wildman–Crippen MR) is 78.2 cm³/mol. The first-order chi connectivity index (χ1) is 9.69. The summed E-state index contributed by atoms with van der Waals surface area (Å²) in [5.41, 5.74) is 2.16. The minimum absolute atomic E-state index is 0.224. The molecule has 0 saturated carbocycles. The first kappa shape index (κ1) is 13.9. The van der Waals surface area contributed by atoms with Crippen molar-refractivity contribution in [2.45, 2.75) is 6.54 Å². The lowest BCUT2D eigenvalue weighted by atomic mass is 10.2. The molecular formula is C15H16FN3O. The summed E-state index contributed by atoms with van der Waals surface area (Å²) in [5.74, 6) is -0.224. The molecular weight excluding hydrogens is 257 g/mol. The summed E-state index contributed by atoms with van der Waals surface area (Å²) >= 11 is 0. The number of rotatable bonds is 4. The predicted octanol–water partition coefficient (Wildman–Crippen LogP) is 3.19. The molecule has 5 heteroatoms. The Morgan fingerprint density at radius 3 is 2.35 bits per heavy atom. The van der Waals surface area contributed by atoms with Gasteiger partial charge in [0, 0.05) is 30.5 Å². The van der Waals surface area contributed by atoms with Crippen molar-refractivity contribution < 1.29 is 9.18 Å². The zero-order valence-corrected chi connectivity index (χ0v) is 11.1. The summed E-state index contributed by atoms with van der Waals surface area (Å²) in [4.78, 5) is 11.1. The third kappa shape index (κ3) is 3.71. The van der Waals surface area contributed by atoms with Crippen LogP contribution in [0.5, 0.6) is 0 Å². The van der Waals surface area contributed by atoms with Gasteiger partial charge in [-0.05, 0) is 30.3 Å². The van der Waals surface area contributed by atoms with E-state index in [2.05, 4.69) is 16.0 Å². The monoisotopic (exact) mass is 273 g/mol. The summed E-state index contributed by atoms with van der Waals surface area (Å²) in [5, 5.41) is 8.27. The van der Waals surface area contributed by atoms with Crippen molar-refractivity contribution in [3.05, 3.63) is 59.9 Å². The van der Waals surface area contributed by atoms with Crippen LogP contribution in [-0.4, -0.2) is 13.1 Å². The molecule has 0 spiro atoms. The fourth-order valence-corrected chi connectivity index (χ4v) is 1.70. The Morgan fingerprint density at radius 2 is 1.70 bits per heavy atom. The number of halogens is 1. The highest BCUT2D eigenvalue weighted by molar-refractivity contribution is 5.89. The number of carbonyl (C=O) groups excluding carboxylic acids is 1. The van der Waals surface area contributed by atoms with Crippen molar-refractivity contribution in [1.82, 2.24) is 5.32 Å². The third-order valence-corrected chi connectivity index (χ3v) is 2.81. The number of hydrogen-bond donors (Lipinski definition) is 3. The molecule has 0 aliphatic carbocycles. The molecule has 20 heavy (non-hydrogen) atoms. The van der Waals surface area contributed by atoms with Crippen LogP contribution in [0, 0.1) is 5.82 Å². The molecule has 104 valence electrons. The molecule has 2 aromatic carbocycles. The van der Waals surface area contributed by atoms with Gasteiger partial charge in [0.1, 0.15) is 5.82 Å². The van der Waals surface area contributed by atoms with Gasteiger partial charge in [0.25, 0.3) is 0 Å². The highest BCUT2D eigenvalue weighted by Gasteiger charge is 2.01. The highest BCUT2D eigenvalue weighted by atomic mass is 19.1. The molecule has 0 heterocycles. The molecule has 2 rings (SSSR count). The van der Waals surface area contributed by atoms with Crippen LogP contribution in [-0.2, 0) is 6.54 Å². The summed E-state index contributed by atoms with van der Waals surface area (Å²) in [6.45, 7) is 0.412. The van der Waals surface area contributed by atoms with E-state index in [0.717, 1.165) is 5.69 Å². The first-order valence-electron chi connectivity index (χ1n) is 6.25. The average molecular weight is 273 g/mol. The first-order valence-corrected chi connectivity index (χ1v) is 6.25. The van der Waals surface area contributed by atoms with Gasteiger partial charge in [-0.3, -0.25) is 0 Å². The lowest BCUT2D eigenvalue weighted by Gasteiger charge is -2.09. The van der Waals surface area contributed by atoms with Gasteiger partial charge < -0.3 is 16.0 Å². The van der Waals surface area contributed by atoms with Crippen molar-refractivity contribution >= 4 is 17.4 Å². The molecule has 0 unspecified atom stereocenters. The van der Waals surface area contributed by atoms with Crippen LogP contribution in [0.1, 0.15) is 5.56 Å². The minimum atomic E-state index is -0.267. The Labute approximate surface area is 117 Å². The molecule has 3 N–H and O–H groups in total. The number of amides is 2. The summed E-state index contributed by atoms with van der Waals surface area (Å²) in [7, 11) is 1.56. The third-order valence-electron chi connectivity index (χ3n) is 2.81. The Balaban J connectivity index is 1.94. The summed E-state index contributed by atoms with van der Waals surface area (Å²) in [6.07, 6.45) is 0. The van der Waals surface area contributed by atoms with Crippen molar-refractivity contribution in [3.63, 3.8) is 0 Å². The minimum Gasteiger partial charge on any atom is -0.381 e. The molecule has 0 aliphatic rings. The smallest absolute Gasteiger partial charge is 0.318 e. The van der Waals surface area contributed by atoms with Crippen LogP contribution in [0.3, 0.4) is 0 Å². The number of benzene rings is 2. The Bertz CT molecular complexity index is 584. The van der Waals surface area contributed by atoms with Crippen LogP contribution >= 0.6 is 0 Å². The van der Waals surface area contributed by atoms with Crippen molar-refractivity contribution in [1.29, 1.82) is 0 Å². The van der Waals surface area contributed by atoms with E-state index >= 15 is 0 Å². The molecule has 2 aromatic rings. The fraction of sp³-hybridized carbons (Fsp3) is 0.133. The zero-order valence-electron chi connectivity index (χ0n) is 11.1. The lowest BCUT2D eigenvalue weighted by molar-refractivity contribution is 0.254. The second-order valence-electron chi connectivity index (χ2n) is 4.23.